The van der Waals surface area contributed by atoms with Crippen molar-refractivity contribution in [2.24, 2.45) is 10.1 Å². The Kier molecular flexibility index (Phi) is 10.1. The first-order valence-electron chi connectivity index (χ1n) is 14.1. The van der Waals surface area contributed by atoms with Crippen LogP contribution in [0.2, 0.25) is 0 Å². The SMILES string of the molecule is Cc1cccc(C)c1/N=C(/N/N=C/c1ccc(-c2ncn(-c3ccc(OC(F)(F)F)cc3)n2)cc1)SCc1ccc(S(C)(=O)=O)cc1. The molecule has 4 aromatic carbocycles. The summed E-state index contributed by atoms with van der Waals surface area (Å²) < 4.78 is 66.3. The summed E-state index contributed by atoms with van der Waals surface area (Å²) in [5.41, 5.74) is 8.92. The van der Waals surface area contributed by atoms with Crippen LogP contribution < -0.4 is 10.2 Å². The van der Waals surface area contributed by atoms with Crippen LogP contribution in [0.1, 0.15) is 22.3 Å². The molecule has 1 aromatic heterocycles. The fraction of sp³-hybridized carbons (Fsp3) is 0.152. The summed E-state index contributed by atoms with van der Waals surface area (Å²) in [5.74, 6) is 0.652. The standard InChI is InChI=1S/C33H29F3N6O3S2/c1-22-5-4-6-23(2)30(22)39-32(46-20-25-9-17-29(18-10-25)47(3,43)44)40-38-19-24-7-11-26(12-8-24)31-37-21-42(41-31)27-13-15-28(16-14-27)45-33(34,35)36/h4-19,21H,20H2,1-3H3,(H,39,40)/b38-19+. The number of hydrogen-bond donors (Lipinski definition) is 1. The third kappa shape index (κ3) is 9.30. The minimum absolute atomic E-state index is 0.265. The van der Waals surface area contributed by atoms with Crippen molar-refractivity contribution in [3.05, 3.63) is 120 Å². The highest BCUT2D eigenvalue weighted by Crippen LogP contribution is 2.26. The number of amidine groups is 1. The van der Waals surface area contributed by atoms with E-state index in [1.54, 1.807) is 30.5 Å². The first kappa shape index (κ1) is 33.4. The Morgan fingerprint density at radius 3 is 2.23 bits per heavy atom. The largest absolute Gasteiger partial charge is 0.573 e. The lowest BCUT2D eigenvalue weighted by molar-refractivity contribution is -0.274. The number of thioether (sulfide) groups is 1. The van der Waals surface area contributed by atoms with Crippen LogP contribution in [0.3, 0.4) is 0 Å². The minimum Gasteiger partial charge on any atom is -0.406 e. The Bertz CT molecular complexity index is 1990. The van der Waals surface area contributed by atoms with Gasteiger partial charge in [-0.3, -0.25) is 5.43 Å². The molecular weight excluding hydrogens is 650 g/mol. The maximum absolute atomic E-state index is 12.4. The lowest BCUT2D eigenvalue weighted by Gasteiger charge is -2.09. The predicted octanol–water partition coefficient (Wildman–Crippen LogP) is 7.40. The number of hydrogen-bond acceptors (Lipinski definition) is 8. The Morgan fingerprint density at radius 1 is 0.957 bits per heavy atom. The van der Waals surface area contributed by atoms with E-state index in [0.29, 0.717) is 22.4 Å². The summed E-state index contributed by atoms with van der Waals surface area (Å²) in [6.45, 7) is 3.98. The van der Waals surface area contributed by atoms with Crippen LogP contribution in [0.4, 0.5) is 18.9 Å². The van der Waals surface area contributed by atoms with E-state index < -0.39 is 16.2 Å². The van der Waals surface area contributed by atoms with E-state index in [9.17, 15) is 21.6 Å². The van der Waals surface area contributed by atoms with Gasteiger partial charge in [-0.15, -0.1) is 18.3 Å². The maximum Gasteiger partial charge on any atom is 0.573 e. The summed E-state index contributed by atoms with van der Waals surface area (Å²) >= 11 is 1.44. The van der Waals surface area contributed by atoms with Gasteiger partial charge < -0.3 is 4.74 Å². The van der Waals surface area contributed by atoms with E-state index in [2.05, 4.69) is 25.3 Å². The minimum atomic E-state index is -4.76. The average Bonchev–Trinajstić information content (AvgIpc) is 3.51. The number of hydrazone groups is 1. The molecule has 0 aliphatic rings. The lowest BCUT2D eigenvalue weighted by atomic mass is 10.1. The van der Waals surface area contributed by atoms with Crippen LogP contribution in [0.25, 0.3) is 17.1 Å². The van der Waals surface area contributed by atoms with Crippen LogP contribution >= 0.6 is 11.8 Å². The van der Waals surface area contributed by atoms with Gasteiger partial charge >= 0.3 is 6.36 Å². The zero-order valence-corrected chi connectivity index (χ0v) is 27.1. The monoisotopic (exact) mass is 678 g/mol. The first-order valence-corrected chi connectivity index (χ1v) is 17.0. The number of aromatic nitrogens is 3. The number of alkyl halides is 3. The summed E-state index contributed by atoms with van der Waals surface area (Å²) in [4.78, 5) is 9.43. The zero-order chi connectivity index (χ0) is 33.6. The molecule has 0 radical (unpaired) electrons. The second kappa shape index (κ2) is 14.2. The molecule has 0 bridgehead atoms. The Labute approximate surface area is 274 Å². The van der Waals surface area contributed by atoms with Gasteiger partial charge in [-0.1, -0.05) is 66.4 Å². The van der Waals surface area contributed by atoms with Crippen LogP contribution in [-0.4, -0.2) is 47.2 Å². The topological polar surface area (TPSA) is 111 Å². The zero-order valence-electron chi connectivity index (χ0n) is 25.4. The second-order valence-corrected chi connectivity index (χ2v) is 13.4. The Morgan fingerprint density at radius 2 is 1.62 bits per heavy atom. The second-order valence-electron chi connectivity index (χ2n) is 10.4. The van der Waals surface area contributed by atoms with Crippen molar-refractivity contribution in [2.45, 2.75) is 30.9 Å². The van der Waals surface area contributed by atoms with Crippen molar-refractivity contribution < 1.29 is 26.3 Å². The van der Waals surface area contributed by atoms with Gasteiger partial charge in [-0.25, -0.2) is 23.1 Å². The number of halogens is 3. The number of benzene rings is 4. The molecule has 1 N–H and O–H groups in total. The lowest BCUT2D eigenvalue weighted by Crippen LogP contribution is -2.17. The van der Waals surface area contributed by atoms with Gasteiger partial charge in [0.25, 0.3) is 0 Å². The highest BCUT2D eigenvalue weighted by Gasteiger charge is 2.31. The molecule has 0 unspecified atom stereocenters. The highest BCUT2D eigenvalue weighted by molar-refractivity contribution is 8.13. The van der Waals surface area contributed by atoms with E-state index in [1.807, 2.05) is 56.3 Å². The van der Waals surface area contributed by atoms with E-state index in [0.717, 1.165) is 33.5 Å². The van der Waals surface area contributed by atoms with E-state index in [1.165, 1.54) is 53.3 Å². The number of rotatable bonds is 9. The van der Waals surface area contributed by atoms with Crippen LogP contribution in [0, 0.1) is 13.8 Å². The summed E-state index contributed by atoms with van der Waals surface area (Å²) in [7, 11) is -3.28. The molecule has 9 nitrogen and oxygen atoms in total. The summed E-state index contributed by atoms with van der Waals surface area (Å²) in [6, 6.07) is 25.4. The molecule has 0 saturated carbocycles. The molecule has 14 heteroatoms. The third-order valence-corrected chi connectivity index (χ3v) is 8.81. The number of nitrogens with zero attached hydrogens (tertiary/aromatic N) is 5. The number of para-hydroxylation sites is 1. The Balaban J connectivity index is 1.26. The third-order valence-electron chi connectivity index (χ3n) is 6.75. The average molecular weight is 679 g/mol. The fourth-order valence-electron chi connectivity index (χ4n) is 4.36. The van der Waals surface area contributed by atoms with Gasteiger partial charge in [-0.05, 0) is 72.5 Å². The first-order chi connectivity index (χ1) is 22.3. The van der Waals surface area contributed by atoms with Gasteiger partial charge in [0.05, 0.1) is 22.5 Å². The van der Waals surface area contributed by atoms with Crippen molar-refractivity contribution in [1.29, 1.82) is 0 Å². The van der Waals surface area contributed by atoms with Gasteiger partial charge in [0, 0.05) is 17.6 Å². The van der Waals surface area contributed by atoms with Crippen molar-refractivity contribution in [3.63, 3.8) is 0 Å². The van der Waals surface area contributed by atoms with Gasteiger partial charge in [0.2, 0.25) is 0 Å². The Hall–Kier alpha value is -4.95. The van der Waals surface area contributed by atoms with Crippen molar-refractivity contribution in [2.75, 3.05) is 6.26 Å². The normalized spacial score (nSPS) is 12.4. The molecule has 47 heavy (non-hydrogen) atoms. The van der Waals surface area contributed by atoms with Crippen LogP contribution in [0.5, 0.6) is 5.75 Å². The quantitative estimate of drug-likeness (QED) is 0.0983. The van der Waals surface area contributed by atoms with E-state index >= 15 is 0 Å². The molecule has 0 saturated heterocycles. The van der Waals surface area contributed by atoms with Gasteiger partial charge in [0.1, 0.15) is 12.1 Å². The molecule has 242 valence electrons. The van der Waals surface area contributed by atoms with Gasteiger partial charge in [0.15, 0.2) is 20.8 Å². The van der Waals surface area contributed by atoms with Crippen molar-refractivity contribution in [3.8, 4) is 22.8 Å². The van der Waals surface area contributed by atoms with Crippen molar-refractivity contribution >= 4 is 38.7 Å². The fourth-order valence-corrected chi connectivity index (χ4v) is 5.76. The molecular formula is C33H29F3N6O3S2. The molecule has 0 amide bonds. The molecule has 5 aromatic rings. The number of ether oxygens (including phenoxy) is 1. The number of nitrogens with one attached hydrogen (secondary N) is 1. The summed E-state index contributed by atoms with van der Waals surface area (Å²) in [6.07, 6.45) is -0.453. The molecule has 0 aliphatic heterocycles. The maximum atomic E-state index is 12.4. The highest BCUT2D eigenvalue weighted by atomic mass is 32.2. The molecule has 1 heterocycles. The number of aliphatic imine (C=N–C) groups is 1. The molecule has 0 spiro atoms. The molecule has 0 fully saturated rings. The smallest absolute Gasteiger partial charge is 0.406 e. The van der Waals surface area contributed by atoms with Crippen LogP contribution in [0.15, 0.2) is 112 Å². The number of aryl methyl sites for hydroxylation is 2. The molecule has 0 atom stereocenters. The number of sulfone groups is 1. The molecule has 0 aliphatic carbocycles. The molecule has 5 rings (SSSR count). The van der Waals surface area contributed by atoms with Gasteiger partial charge in [-0.2, -0.15) is 5.10 Å². The van der Waals surface area contributed by atoms with E-state index in [-0.39, 0.29) is 10.6 Å². The predicted molar refractivity (Wildman–Crippen MR) is 178 cm³/mol. The van der Waals surface area contributed by atoms with Crippen LogP contribution in [-0.2, 0) is 15.6 Å². The summed E-state index contributed by atoms with van der Waals surface area (Å²) in [5, 5.41) is 9.41. The van der Waals surface area contributed by atoms with E-state index in [4.69, 9.17) is 4.99 Å². The van der Waals surface area contributed by atoms with Crippen molar-refractivity contribution in [1.82, 2.24) is 20.2 Å².